The quantitative estimate of drug-likeness (QED) is 0.783. The lowest BCUT2D eigenvalue weighted by Crippen LogP contribution is -2.20. The highest BCUT2D eigenvalue weighted by atomic mass is 32.1. The van der Waals surface area contributed by atoms with Crippen LogP contribution >= 0.6 is 11.3 Å². The van der Waals surface area contributed by atoms with E-state index in [0.29, 0.717) is 0 Å². The standard InChI is InChI=1S/C15H16N2OS/c1-3-16-15(14-9-17-10(2)19-14)13-8-11-6-4-5-7-12(11)18-13/h4-9,15-16H,3H2,1-2H3. The first-order valence-corrected chi connectivity index (χ1v) is 7.23. The van der Waals surface area contributed by atoms with Crippen LogP contribution in [0.25, 0.3) is 11.0 Å². The Morgan fingerprint density at radius 2 is 2.21 bits per heavy atom. The van der Waals surface area contributed by atoms with Gasteiger partial charge < -0.3 is 9.73 Å². The molecule has 1 N–H and O–H groups in total. The molecule has 0 saturated carbocycles. The van der Waals surface area contributed by atoms with Gasteiger partial charge in [-0.3, -0.25) is 0 Å². The molecule has 0 spiro atoms. The number of furan rings is 1. The Bertz CT molecular complexity index is 653. The third-order valence-electron chi connectivity index (χ3n) is 3.06. The summed E-state index contributed by atoms with van der Waals surface area (Å²) in [5.41, 5.74) is 0.932. The van der Waals surface area contributed by atoms with E-state index >= 15 is 0 Å². The first kappa shape index (κ1) is 12.4. The van der Waals surface area contributed by atoms with Crippen LogP contribution < -0.4 is 5.32 Å². The van der Waals surface area contributed by atoms with Gasteiger partial charge in [0.25, 0.3) is 0 Å². The maximum atomic E-state index is 5.96. The van der Waals surface area contributed by atoms with E-state index in [4.69, 9.17) is 4.42 Å². The Labute approximate surface area is 116 Å². The molecule has 0 aliphatic rings. The van der Waals surface area contributed by atoms with Gasteiger partial charge >= 0.3 is 0 Å². The number of nitrogens with zero attached hydrogens (tertiary/aromatic N) is 1. The molecule has 1 atom stereocenters. The van der Waals surface area contributed by atoms with E-state index in [-0.39, 0.29) is 6.04 Å². The van der Waals surface area contributed by atoms with E-state index in [9.17, 15) is 0 Å². The Morgan fingerprint density at radius 3 is 2.89 bits per heavy atom. The van der Waals surface area contributed by atoms with Crippen molar-refractivity contribution in [1.82, 2.24) is 10.3 Å². The molecule has 1 aromatic carbocycles. The van der Waals surface area contributed by atoms with Crippen LogP contribution in [0.4, 0.5) is 0 Å². The second-order valence-corrected chi connectivity index (χ2v) is 5.73. The summed E-state index contributed by atoms with van der Waals surface area (Å²) in [5, 5.41) is 5.68. The second-order valence-electron chi connectivity index (χ2n) is 4.46. The van der Waals surface area contributed by atoms with E-state index in [1.54, 1.807) is 11.3 Å². The van der Waals surface area contributed by atoms with E-state index in [2.05, 4.69) is 29.4 Å². The summed E-state index contributed by atoms with van der Waals surface area (Å²) < 4.78 is 5.96. The van der Waals surface area contributed by atoms with Crippen molar-refractivity contribution in [2.24, 2.45) is 0 Å². The van der Waals surface area contributed by atoms with Gasteiger partial charge in [0.2, 0.25) is 0 Å². The minimum absolute atomic E-state index is 0.0867. The van der Waals surface area contributed by atoms with E-state index in [1.165, 1.54) is 4.88 Å². The summed E-state index contributed by atoms with van der Waals surface area (Å²) in [4.78, 5) is 5.53. The van der Waals surface area contributed by atoms with Crippen molar-refractivity contribution < 1.29 is 4.42 Å². The molecule has 3 rings (SSSR count). The highest BCUT2D eigenvalue weighted by Crippen LogP contribution is 2.30. The summed E-state index contributed by atoms with van der Waals surface area (Å²) in [6.07, 6.45) is 1.93. The lowest BCUT2D eigenvalue weighted by molar-refractivity contribution is 0.480. The van der Waals surface area contributed by atoms with Crippen LogP contribution in [0, 0.1) is 6.92 Å². The van der Waals surface area contributed by atoms with Crippen LogP contribution in [0.15, 0.2) is 40.9 Å². The zero-order chi connectivity index (χ0) is 13.2. The van der Waals surface area contributed by atoms with Crippen molar-refractivity contribution in [3.05, 3.63) is 52.2 Å². The van der Waals surface area contributed by atoms with Gasteiger partial charge in [-0.1, -0.05) is 25.1 Å². The normalized spacial score (nSPS) is 12.9. The third-order valence-corrected chi connectivity index (χ3v) is 4.04. The fourth-order valence-corrected chi connectivity index (χ4v) is 3.07. The molecule has 2 aromatic heterocycles. The molecule has 0 bridgehead atoms. The number of thiazole rings is 1. The predicted octanol–water partition coefficient (Wildman–Crippen LogP) is 3.90. The van der Waals surface area contributed by atoms with Gasteiger partial charge in [-0.25, -0.2) is 4.98 Å². The molecule has 0 radical (unpaired) electrons. The van der Waals surface area contributed by atoms with Crippen LogP contribution in [0.5, 0.6) is 0 Å². The first-order valence-electron chi connectivity index (χ1n) is 6.42. The first-order chi connectivity index (χ1) is 9.28. The van der Waals surface area contributed by atoms with Gasteiger partial charge in [0.05, 0.1) is 5.01 Å². The van der Waals surface area contributed by atoms with E-state index in [0.717, 1.165) is 28.3 Å². The lowest BCUT2D eigenvalue weighted by Gasteiger charge is -2.12. The summed E-state index contributed by atoms with van der Waals surface area (Å²) in [6.45, 7) is 5.01. The molecule has 19 heavy (non-hydrogen) atoms. The minimum atomic E-state index is 0.0867. The van der Waals surface area contributed by atoms with Crippen molar-refractivity contribution >= 4 is 22.3 Å². The number of hydrogen-bond donors (Lipinski definition) is 1. The molecular weight excluding hydrogens is 256 g/mol. The van der Waals surface area contributed by atoms with Gasteiger partial charge in [0.1, 0.15) is 17.4 Å². The Kier molecular flexibility index (Phi) is 3.36. The topological polar surface area (TPSA) is 38.1 Å². The number of aromatic nitrogens is 1. The predicted molar refractivity (Wildman–Crippen MR) is 78.6 cm³/mol. The maximum absolute atomic E-state index is 5.96. The second kappa shape index (κ2) is 5.15. The maximum Gasteiger partial charge on any atom is 0.134 e. The SMILES string of the molecule is CCNC(c1cc2ccccc2o1)c1cnc(C)s1. The fourth-order valence-electron chi connectivity index (χ4n) is 2.20. The van der Waals surface area contributed by atoms with Crippen molar-refractivity contribution in [1.29, 1.82) is 0 Å². The van der Waals surface area contributed by atoms with Crippen molar-refractivity contribution in [2.75, 3.05) is 6.54 Å². The van der Waals surface area contributed by atoms with Crippen LogP contribution in [-0.4, -0.2) is 11.5 Å². The molecule has 2 heterocycles. The van der Waals surface area contributed by atoms with E-state index < -0.39 is 0 Å². The van der Waals surface area contributed by atoms with Crippen LogP contribution in [-0.2, 0) is 0 Å². The van der Waals surface area contributed by atoms with Gasteiger partial charge in [-0.05, 0) is 25.6 Å². The van der Waals surface area contributed by atoms with Gasteiger partial charge in [-0.15, -0.1) is 11.3 Å². The Hall–Kier alpha value is -1.65. The van der Waals surface area contributed by atoms with Gasteiger partial charge in [0.15, 0.2) is 0 Å². The van der Waals surface area contributed by atoms with Gasteiger partial charge in [0, 0.05) is 16.5 Å². The summed E-state index contributed by atoms with van der Waals surface area (Å²) >= 11 is 1.71. The number of nitrogens with one attached hydrogen (secondary N) is 1. The molecule has 3 nitrogen and oxygen atoms in total. The number of aryl methyl sites for hydroxylation is 1. The lowest BCUT2D eigenvalue weighted by atomic mass is 10.2. The molecule has 0 aliphatic heterocycles. The number of fused-ring (bicyclic) bond motifs is 1. The zero-order valence-corrected chi connectivity index (χ0v) is 11.8. The molecule has 98 valence electrons. The Morgan fingerprint density at radius 1 is 1.37 bits per heavy atom. The highest BCUT2D eigenvalue weighted by Gasteiger charge is 2.19. The monoisotopic (exact) mass is 272 g/mol. The molecule has 0 amide bonds. The van der Waals surface area contributed by atoms with Crippen molar-refractivity contribution in [3.8, 4) is 0 Å². The van der Waals surface area contributed by atoms with Gasteiger partial charge in [-0.2, -0.15) is 0 Å². The molecule has 4 heteroatoms. The summed E-state index contributed by atoms with van der Waals surface area (Å²) in [7, 11) is 0. The average molecular weight is 272 g/mol. The minimum Gasteiger partial charge on any atom is -0.459 e. The number of hydrogen-bond acceptors (Lipinski definition) is 4. The smallest absolute Gasteiger partial charge is 0.134 e. The molecule has 1 unspecified atom stereocenters. The molecule has 0 aliphatic carbocycles. The van der Waals surface area contributed by atoms with Crippen molar-refractivity contribution in [3.63, 3.8) is 0 Å². The molecule has 3 aromatic rings. The molecule has 0 saturated heterocycles. The van der Waals surface area contributed by atoms with Crippen molar-refractivity contribution in [2.45, 2.75) is 19.9 Å². The fraction of sp³-hybridized carbons (Fsp3) is 0.267. The third kappa shape index (κ3) is 2.41. The molecule has 0 fully saturated rings. The van der Waals surface area contributed by atoms with Crippen LogP contribution in [0.2, 0.25) is 0 Å². The number of benzene rings is 1. The molecular formula is C15H16N2OS. The summed E-state index contributed by atoms with van der Waals surface area (Å²) in [6, 6.07) is 10.3. The number of rotatable bonds is 4. The zero-order valence-electron chi connectivity index (χ0n) is 11.0. The average Bonchev–Trinajstić information content (AvgIpc) is 3.01. The van der Waals surface area contributed by atoms with Crippen LogP contribution in [0.3, 0.4) is 0 Å². The summed E-state index contributed by atoms with van der Waals surface area (Å²) in [5.74, 6) is 0.951. The number of para-hydroxylation sites is 1. The Balaban J connectivity index is 2.03. The highest BCUT2D eigenvalue weighted by molar-refractivity contribution is 7.11. The van der Waals surface area contributed by atoms with E-state index in [1.807, 2.05) is 31.3 Å². The largest absolute Gasteiger partial charge is 0.459 e. The van der Waals surface area contributed by atoms with Crippen LogP contribution in [0.1, 0.15) is 28.6 Å².